The normalized spacial score (nSPS) is 19.9. The Kier molecular flexibility index (Phi) is 13.5. The van der Waals surface area contributed by atoms with E-state index in [0.29, 0.717) is 0 Å². The van der Waals surface area contributed by atoms with Gasteiger partial charge in [0.25, 0.3) is 0 Å². The van der Waals surface area contributed by atoms with Crippen molar-refractivity contribution in [3.05, 3.63) is 12.2 Å². The smallest absolute Gasteiger partial charge is 0.0575 e. The third kappa shape index (κ3) is 11.6. The lowest BCUT2D eigenvalue weighted by atomic mass is 9.78. The van der Waals surface area contributed by atoms with Crippen molar-refractivity contribution in [2.24, 2.45) is 0 Å². The van der Waals surface area contributed by atoms with Crippen molar-refractivity contribution in [3.8, 4) is 0 Å². The number of aliphatic hydroxyl groups is 1. The molecule has 0 atom stereocenters. The number of hydrogen-bond acceptors (Lipinski definition) is 2. The summed E-state index contributed by atoms with van der Waals surface area (Å²) in [6.07, 6.45) is 25.6. The highest BCUT2D eigenvalue weighted by molar-refractivity contribution is 4.99. The van der Waals surface area contributed by atoms with Gasteiger partial charge in [0.1, 0.15) is 0 Å². The van der Waals surface area contributed by atoms with Crippen molar-refractivity contribution >= 4 is 0 Å². The number of piperidine rings is 1. The van der Waals surface area contributed by atoms with Gasteiger partial charge >= 0.3 is 0 Å². The maximum Gasteiger partial charge on any atom is 0.0575 e. The van der Waals surface area contributed by atoms with Crippen LogP contribution in [-0.4, -0.2) is 33.7 Å². The van der Waals surface area contributed by atoms with Crippen LogP contribution < -0.4 is 0 Å². The third-order valence-electron chi connectivity index (χ3n) is 6.83. The minimum absolute atomic E-state index is 0.114. The van der Waals surface area contributed by atoms with Gasteiger partial charge in [-0.2, -0.15) is 0 Å². The third-order valence-corrected chi connectivity index (χ3v) is 6.83. The molecule has 0 saturated carbocycles. The fraction of sp³-hybridized carbons (Fsp3) is 0.926. The van der Waals surface area contributed by atoms with Crippen LogP contribution in [0.15, 0.2) is 12.2 Å². The standard InChI is InChI=1S/C27H53NO/c1-6-7-8-9-10-11-12-13-14-15-16-17-18-19-20-21-22-28-26(2,3)23-25(29)24-27(28,4)5/h13-14,25,29H,6-12,15-24H2,1-5H3/b14-13-. The summed E-state index contributed by atoms with van der Waals surface area (Å²) in [7, 11) is 0. The highest BCUT2D eigenvalue weighted by Gasteiger charge is 2.44. The van der Waals surface area contributed by atoms with E-state index >= 15 is 0 Å². The quantitative estimate of drug-likeness (QED) is 0.207. The summed E-state index contributed by atoms with van der Waals surface area (Å²) in [5.74, 6) is 0. The zero-order valence-corrected chi connectivity index (χ0v) is 20.6. The number of rotatable bonds is 16. The molecule has 1 aliphatic rings. The second-order valence-electron chi connectivity index (χ2n) is 10.8. The van der Waals surface area contributed by atoms with Gasteiger partial charge < -0.3 is 5.11 Å². The number of likely N-dealkylation sites (tertiary alicyclic amines) is 1. The molecule has 0 aliphatic carbocycles. The fourth-order valence-electron chi connectivity index (χ4n) is 5.39. The highest BCUT2D eigenvalue weighted by atomic mass is 16.3. The van der Waals surface area contributed by atoms with Crippen LogP contribution in [0.2, 0.25) is 0 Å². The van der Waals surface area contributed by atoms with E-state index in [1.165, 1.54) is 96.4 Å². The van der Waals surface area contributed by atoms with Crippen LogP contribution in [0.25, 0.3) is 0 Å². The molecule has 1 N–H and O–H groups in total. The molecule has 172 valence electrons. The molecule has 0 unspecified atom stereocenters. The van der Waals surface area contributed by atoms with Gasteiger partial charge in [0.2, 0.25) is 0 Å². The Balaban J connectivity index is 1.97. The molecule has 29 heavy (non-hydrogen) atoms. The molecule has 2 nitrogen and oxygen atoms in total. The molecule has 2 heteroatoms. The van der Waals surface area contributed by atoms with Crippen LogP contribution in [-0.2, 0) is 0 Å². The minimum atomic E-state index is -0.143. The molecule has 1 aliphatic heterocycles. The molecule has 1 fully saturated rings. The van der Waals surface area contributed by atoms with E-state index in [1.54, 1.807) is 0 Å². The van der Waals surface area contributed by atoms with Crippen molar-refractivity contribution in [1.29, 1.82) is 0 Å². The van der Waals surface area contributed by atoms with E-state index in [1.807, 2.05) is 0 Å². The second kappa shape index (κ2) is 14.6. The molecule has 0 aromatic heterocycles. The lowest BCUT2D eigenvalue weighted by molar-refractivity contribution is -0.0810. The summed E-state index contributed by atoms with van der Waals surface area (Å²) in [6.45, 7) is 12.7. The van der Waals surface area contributed by atoms with E-state index in [4.69, 9.17) is 0 Å². The monoisotopic (exact) mass is 407 g/mol. The van der Waals surface area contributed by atoms with E-state index in [0.717, 1.165) is 12.8 Å². The first-order valence-electron chi connectivity index (χ1n) is 12.9. The average Bonchev–Trinajstić information content (AvgIpc) is 2.61. The largest absolute Gasteiger partial charge is 0.393 e. The first-order chi connectivity index (χ1) is 13.8. The van der Waals surface area contributed by atoms with Crippen LogP contribution >= 0.6 is 0 Å². The topological polar surface area (TPSA) is 23.5 Å². The summed E-state index contributed by atoms with van der Waals surface area (Å²) in [4.78, 5) is 2.65. The molecule has 1 rings (SSSR count). The Hall–Kier alpha value is -0.340. The number of hydrogen-bond donors (Lipinski definition) is 1. The number of aliphatic hydroxyl groups excluding tert-OH is 1. The summed E-state index contributed by atoms with van der Waals surface area (Å²) in [6, 6.07) is 0. The van der Waals surface area contributed by atoms with Crippen LogP contribution in [0, 0.1) is 0 Å². The van der Waals surface area contributed by atoms with Crippen molar-refractivity contribution < 1.29 is 5.11 Å². The van der Waals surface area contributed by atoms with Crippen molar-refractivity contribution in [2.75, 3.05) is 6.54 Å². The SMILES string of the molecule is CCCCCCCC/C=C\CCCCCCCCN1C(C)(C)CC(O)CC1(C)C. The van der Waals surface area contributed by atoms with Crippen LogP contribution in [0.3, 0.4) is 0 Å². The van der Waals surface area contributed by atoms with Crippen LogP contribution in [0.1, 0.15) is 137 Å². The fourth-order valence-corrected chi connectivity index (χ4v) is 5.39. The number of unbranched alkanes of at least 4 members (excludes halogenated alkanes) is 12. The van der Waals surface area contributed by atoms with E-state index < -0.39 is 0 Å². The van der Waals surface area contributed by atoms with E-state index in [-0.39, 0.29) is 17.2 Å². The van der Waals surface area contributed by atoms with E-state index in [9.17, 15) is 5.11 Å². The summed E-state index contributed by atoms with van der Waals surface area (Å²) in [5.41, 5.74) is 0.228. The van der Waals surface area contributed by atoms with Gasteiger partial charge in [0.15, 0.2) is 0 Å². The lowest BCUT2D eigenvalue weighted by Gasteiger charge is -2.54. The predicted octanol–water partition coefficient (Wildman–Crippen LogP) is 8.04. The first-order valence-corrected chi connectivity index (χ1v) is 12.9. The van der Waals surface area contributed by atoms with Gasteiger partial charge in [-0.15, -0.1) is 0 Å². The number of allylic oxidation sites excluding steroid dienone is 2. The zero-order valence-electron chi connectivity index (χ0n) is 20.6. The molecular weight excluding hydrogens is 354 g/mol. The maximum absolute atomic E-state index is 10.2. The molecule has 1 saturated heterocycles. The van der Waals surface area contributed by atoms with Gasteiger partial charge in [-0.05, 0) is 79.2 Å². The zero-order chi connectivity index (χ0) is 21.6. The summed E-state index contributed by atoms with van der Waals surface area (Å²) in [5, 5.41) is 10.2. The van der Waals surface area contributed by atoms with Gasteiger partial charge in [-0.25, -0.2) is 0 Å². The minimum Gasteiger partial charge on any atom is -0.393 e. The van der Waals surface area contributed by atoms with Crippen molar-refractivity contribution in [2.45, 2.75) is 155 Å². The average molecular weight is 408 g/mol. The second-order valence-corrected chi connectivity index (χ2v) is 10.8. The summed E-state index contributed by atoms with van der Waals surface area (Å²) < 4.78 is 0. The summed E-state index contributed by atoms with van der Waals surface area (Å²) >= 11 is 0. The van der Waals surface area contributed by atoms with Gasteiger partial charge in [-0.1, -0.05) is 76.9 Å². The Morgan fingerprint density at radius 1 is 0.690 bits per heavy atom. The van der Waals surface area contributed by atoms with Gasteiger partial charge in [-0.3, -0.25) is 4.90 Å². The highest BCUT2D eigenvalue weighted by Crippen LogP contribution is 2.38. The predicted molar refractivity (Wildman–Crippen MR) is 130 cm³/mol. The molecule has 0 spiro atoms. The Bertz CT molecular complexity index is 408. The molecule has 0 aromatic rings. The lowest BCUT2D eigenvalue weighted by Crippen LogP contribution is -2.61. The molecule has 0 bridgehead atoms. The van der Waals surface area contributed by atoms with Gasteiger partial charge in [0, 0.05) is 11.1 Å². The Morgan fingerprint density at radius 2 is 1.10 bits per heavy atom. The molecule has 0 amide bonds. The van der Waals surface area contributed by atoms with Crippen molar-refractivity contribution in [1.82, 2.24) is 4.90 Å². The number of nitrogens with zero attached hydrogens (tertiary/aromatic N) is 1. The van der Waals surface area contributed by atoms with E-state index in [2.05, 4.69) is 51.7 Å². The van der Waals surface area contributed by atoms with Crippen molar-refractivity contribution in [3.63, 3.8) is 0 Å². The Labute approximate surface area is 183 Å². The van der Waals surface area contributed by atoms with Crippen LogP contribution in [0.4, 0.5) is 0 Å². The Morgan fingerprint density at radius 3 is 1.59 bits per heavy atom. The van der Waals surface area contributed by atoms with Gasteiger partial charge in [0.05, 0.1) is 6.10 Å². The first kappa shape index (κ1) is 26.7. The van der Waals surface area contributed by atoms with Crippen LogP contribution in [0.5, 0.6) is 0 Å². The molecular formula is C27H53NO. The molecule has 0 aromatic carbocycles. The molecule has 0 radical (unpaired) electrons. The molecule has 1 heterocycles. The maximum atomic E-state index is 10.2.